The molecule has 1 aromatic rings. The lowest BCUT2D eigenvalue weighted by molar-refractivity contribution is -0.127. The molecule has 1 saturated heterocycles. The second kappa shape index (κ2) is 9.43. The highest BCUT2D eigenvalue weighted by Gasteiger charge is 2.33. The topological polar surface area (TPSA) is 69.7 Å². The summed E-state index contributed by atoms with van der Waals surface area (Å²) < 4.78 is 28.0. The monoisotopic (exact) mass is 491 g/mol. The van der Waals surface area contributed by atoms with Crippen LogP contribution < -0.4 is 5.32 Å². The van der Waals surface area contributed by atoms with Crippen LogP contribution in [0.25, 0.3) is 0 Å². The van der Waals surface area contributed by atoms with Crippen molar-refractivity contribution in [3.8, 4) is 0 Å². The first-order valence-corrected chi connectivity index (χ1v) is 12.4. The Morgan fingerprint density at radius 1 is 1.18 bits per heavy atom. The van der Waals surface area contributed by atoms with Crippen LogP contribution in [0, 0.1) is 0 Å². The Balaban J connectivity index is 1.58. The largest absolute Gasteiger partial charge is 0.352 e. The third-order valence-electron chi connectivity index (χ3n) is 5.66. The zero-order chi connectivity index (χ0) is 20.3. The fourth-order valence-electron chi connectivity index (χ4n) is 3.89. The average molecular weight is 493 g/mol. The standard InChI is InChI=1S/C19H27BrClN3O3S/c1-14(19(25)22-16-5-3-2-4-6-16)23-9-11-24(12-10-23)28(26,27)18-8-7-15(20)13-17(18)21/h7-8,13-14,16H,2-6,9-12H2,1H3,(H,22,25)/t14-/m1/s1. The molecule has 1 heterocycles. The SMILES string of the molecule is C[C@H](C(=O)NC1CCCCC1)N1CCN(S(=O)(=O)c2ccc(Br)cc2Cl)CC1. The molecule has 0 unspecified atom stereocenters. The fraction of sp³-hybridized carbons (Fsp3) is 0.632. The van der Waals surface area contributed by atoms with Gasteiger partial charge in [0.2, 0.25) is 15.9 Å². The molecule has 6 nitrogen and oxygen atoms in total. The van der Waals surface area contributed by atoms with E-state index in [9.17, 15) is 13.2 Å². The van der Waals surface area contributed by atoms with Gasteiger partial charge in [-0.2, -0.15) is 4.31 Å². The van der Waals surface area contributed by atoms with Crippen LogP contribution in [0.1, 0.15) is 39.0 Å². The number of amides is 1. The lowest BCUT2D eigenvalue weighted by atomic mass is 9.95. The van der Waals surface area contributed by atoms with E-state index in [0.717, 1.165) is 17.3 Å². The first-order valence-electron chi connectivity index (χ1n) is 9.78. The molecule has 1 aromatic carbocycles. The predicted molar refractivity (Wildman–Crippen MR) is 114 cm³/mol. The molecule has 9 heteroatoms. The Morgan fingerprint density at radius 2 is 1.82 bits per heavy atom. The van der Waals surface area contributed by atoms with Crippen LogP contribution >= 0.6 is 27.5 Å². The fourth-order valence-corrected chi connectivity index (χ4v) is 6.32. The average Bonchev–Trinajstić information content (AvgIpc) is 2.68. The molecule has 1 aliphatic carbocycles. The molecule has 0 aromatic heterocycles. The van der Waals surface area contributed by atoms with Gasteiger partial charge in [0.05, 0.1) is 11.1 Å². The lowest BCUT2D eigenvalue weighted by Gasteiger charge is -2.37. The maximum absolute atomic E-state index is 12.9. The molecule has 2 aliphatic rings. The van der Waals surface area contributed by atoms with Crippen LogP contribution in [0.4, 0.5) is 0 Å². The quantitative estimate of drug-likeness (QED) is 0.685. The van der Waals surface area contributed by atoms with Gasteiger partial charge in [-0.05, 0) is 38.0 Å². The third kappa shape index (κ3) is 5.08. The molecule has 0 spiro atoms. The number of hydrogen-bond acceptors (Lipinski definition) is 4. The summed E-state index contributed by atoms with van der Waals surface area (Å²) in [5.74, 6) is 0.0409. The minimum atomic E-state index is -3.65. The van der Waals surface area contributed by atoms with Gasteiger partial charge in [0, 0.05) is 36.7 Å². The lowest BCUT2D eigenvalue weighted by Crippen LogP contribution is -2.55. The highest BCUT2D eigenvalue weighted by Crippen LogP contribution is 2.28. The number of benzene rings is 1. The van der Waals surface area contributed by atoms with Crippen LogP contribution in [0.5, 0.6) is 0 Å². The molecule has 1 saturated carbocycles. The minimum Gasteiger partial charge on any atom is -0.352 e. The maximum Gasteiger partial charge on any atom is 0.244 e. The summed E-state index contributed by atoms with van der Waals surface area (Å²) in [6, 6.07) is 4.80. The van der Waals surface area contributed by atoms with Crippen molar-refractivity contribution >= 4 is 43.5 Å². The number of sulfonamides is 1. The normalized spacial score (nSPS) is 21.4. The van der Waals surface area contributed by atoms with Gasteiger partial charge in [-0.15, -0.1) is 0 Å². The molecule has 2 fully saturated rings. The zero-order valence-electron chi connectivity index (χ0n) is 16.0. The third-order valence-corrected chi connectivity index (χ3v) is 8.54. The van der Waals surface area contributed by atoms with Crippen molar-refractivity contribution in [1.29, 1.82) is 0 Å². The molecule has 1 aliphatic heterocycles. The van der Waals surface area contributed by atoms with Gasteiger partial charge < -0.3 is 5.32 Å². The highest BCUT2D eigenvalue weighted by molar-refractivity contribution is 9.10. The van der Waals surface area contributed by atoms with E-state index in [2.05, 4.69) is 21.2 Å². The second-order valence-corrected chi connectivity index (χ2v) is 10.8. The summed E-state index contributed by atoms with van der Waals surface area (Å²) in [5, 5.41) is 3.37. The number of carbonyl (C=O) groups is 1. The van der Waals surface area contributed by atoms with Gasteiger partial charge in [-0.25, -0.2) is 8.42 Å². The molecule has 0 radical (unpaired) electrons. The minimum absolute atomic E-state index is 0.0409. The van der Waals surface area contributed by atoms with Crippen LogP contribution in [-0.4, -0.2) is 61.8 Å². The number of nitrogens with zero attached hydrogens (tertiary/aromatic N) is 2. The molecule has 28 heavy (non-hydrogen) atoms. The summed E-state index contributed by atoms with van der Waals surface area (Å²) in [4.78, 5) is 14.7. The molecule has 1 atom stereocenters. The summed E-state index contributed by atoms with van der Waals surface area (Å²) in [7, 11) is -3.65. The molecule has 156 valence electrons. The van der Waals surface area contributed by atoms with Crippen LogP contribution in [0.2, 0.25) is 5.02 Å². The predicted octanol–water partition coefficient (Wildman–Crippen LogP) is 3.25. The number of rotatable bonds is 5. The van der Waals surface area contributed by atoms with Crippen LogP contribution in [0.3, 0.4) is 0 Å². The van der Waals surface area contributed by atoms with E-state index < -0.39 is 10.0 Å². The van der Waals surface area contributed by atoms with Gasteiger partial charge in [-0.1, -0.05) is 46.8 Å². The van der Waals surface area contributed by atoms with E-state index in [1.54, 1.807) is 12.1 Å². The Kier molecular flexibility index (Phi) is 7.42. The number of nitrogens with one attached hydrogen (secondary N) is 1. The van der Waals surface area contributed by atoms with Crippen molar-refractivity contribution in [1.82, 2.24) is 14.5 Å². The molecule has 3 rings (SSSR count). The van der Waals surface area contributed by atoms with Gasteiger partial charge in [-0.3, -0.25) is 9.69 Å². The van der Waals surface area contributed by atoms with Gasteiger partial charge in [0.15, 0.2) is 0 Å². The van der Waals surface area contributed by atoms with Crippen molar-refractivity contribution in [2.45, 2.75) is 56.0 Å². The molecular formula is C19H27BrClN3O3S. The number of hydrogen-bond donors (Lipinski definition) is 1. The van der Waals surface area contributed by atoms with Crippen molar-refractivity contribution in [3.63, 3.8) is 0 Å². The smallest absolute Gasteiger partial charge is 0.244 e. The zero-order valence-corrected chi connectivity index (χ0v) is 19.2. The number of halogens is 2. The van der Waals surface area contributed by atoms with Crippen LogP contribution in [0.15, 0.2) is 27.6 Å². The first-order chi connectivity index (χ1) is 13.3. The van der Waals surface area contributed by atoms with E-state index in [-0.39, 0.29) is 27.9 Å². The molecule has 0 bridgehead atoms. The van der Waals surface area contributed by atoms with E-state index in [1.807, 2.05) is 11.8 Å². The van der Waals surface area contributed by atoms with E-state index >= 15 is 0 Å². The number of piperazine rings is 1. The van der Waals surface area contributed by atoms with Crippen LogP contribution in [-0.2, 0) is 14.8 Å². The van der Waals surface area contributed by atoms with Gasteiger partial charge >= 0.3 is 0 Å². The van der Waals surface area contributed by atoms with Crippen molar-refractivity contribution in [2.75, 3.05) is 26.2 Å². The van der Waals surface area contributed by atoms with Crippen molar-refractivity contribution < 1.29 is 13.2 Å². The maximum atomic E-state index is 12.9. The van der Waals surface area contributed by atoms with E-state index in [1.165, 1.54) is 29.6 Å². The Hall–Kier alpha value is -0.670. The summed E-state index contributed by atoms with van der Waals surface area (Å²) in [6.07, 6.45) is 5.71. The van der Waals surface area contributed by atoms with Crippen molar-refractivity contribution in [3.05, 3.63) is 27.7 Å². The highest BCUT2D eigenvalue weighted by atomic mass is 79.9. The van der Waals surface area contributed by atoms with E-state index in [4.69, 9.17) is 11.6 Å². The van der Waals surface area contributed by atoms with E-state index in [0.29, 0.717) is 26.2 Å². The van der Waals surface area contributed by atoms with Gasteiger partial charge in [0.1, 0.15) is 4.90 Å². The Bertz CT molecular complexity index is 807. The van der Waals surface area contributed by atoms with Crippen molar-refractivity contribution in [2.24, 2.45) is 0 Å². The first kappa shape index (κ1) is 22.0. The molecule has 1 N–H and O–H groups in total. The second-order valence-electron chi connectivity index (χ2n) is 7.53. The summed E-state index contributed by atoms with van der Waals surface area (Å²) >= 11 is 9.44. The van der Waals surface area contributed by atoms with Gasteiger partial charge in [0.25, 0.3) is 0 Å². The summed E-state index contributed by atoms with van der Waals surface area (Å²) in [6.45, 7) is 3.62. The number of carbonyl (C=O) groups excluding carboxylic acids is 1. The Morgan fingerprint density at radius 3 is 2.43 bits per heavy atom. The summed E-state index contributed by atoms with van der Waals surface area (Å²) in [5.41, 5.74) is 0. The molecular weight excluding hydrogens is 466 g/mol. The molecule has 1 amide bonds. The Labute approximate surface area is 180 Å².